The Balaban J connectivity index is 1.73. The molecule has 6 rings (SSSR count). The molecule has 0 spiro atoms. The van der Waals surface area contributed by atoms with E-state index >= 15 is 0 Å². The minimum Gasteiger partial charge on any atom is -0.302 e. The topological polar surface area (TPSA) is 21.7 Å². The molecular formula is C27H22N3+. The molecule has 3 heteroatoms. The van der Waals surface area contributed by atoms with Gasteiger partial charge in [0.1, 0.15) is 12.9 Å². The normalized spacial score (nSPS) is 12.7. The minimum atomic E-state index is 0.884. The first-order valence-corrected chi connectivity index (χ1v) is 10.4. The fourth-order valence-corrected chi connectivity index (χ4v) is 4.71. The van der Waals surface area contributed by atoms with Crippen LogP contribution in [0.25, 0.3) is 50.5 Å². The van der Waals surface area contributed by atoms with Crippen molar-refractivity contribution in [2.24, 2.45) is 7.05 Å². The van der Waals surface area contributed by atoms with Crippen molar-refractivity contribution in [1.82, 2.24) is 9.55 Å². The van der Waals surface area contributed by atoms with Gasteiger partial charge < -0.3 is 4.57 Å². The van der Waals surface area contributed by atoms with E-state index in [1.807, 2.05) is 0 Å². The van der Waals surface area contributed by atoms with Gasteiger partial charge in [0.05, 0.1) is 16.5 Å². The largest absolute Gasteiger partial charge is 0.302 e. The van der Waals surface area contributed by atoms with Gasteiger partial charge in [-0.3, -0.25) is 0 Å². The number of benzene rings is 3. The van der Waals surface area contributed by atoms with Gasteiger partial charge in [0.2, 0.25) is 11.2 Å². The van der Waals surface area contributed by atoms with Crippen molar-refractivity contribution in [1.29, 1.82) is 0 Å². The smallest absolute Gasteiger partial charge is 0.241 e. The van der Waals surface area contributed by atoms with Crippen molar-refractivity contribution in [3.05, 3.63) is 90.3 Å². The third kappa shape index (κ3) is 2.38. The lowest BCUT2D eigenvalue weighted by Crippen LogP contribution is -2.32. The molecule has 3 heterocycles. The van der Waals surface area contributed by atoms with E-state index < -0.39 is 0 Å². The summed E-state index contributed by atoms with van der Waals surface area (Å²) in [6.07, 6.45) is 5.23. The first-order valence-electron chi connectivity index (χ1n) is 10.4. The number of fused-ring (bicyclic) bond motifs is 5. The summed E-state index contributed by atoms with van der Waals surface area (Å²) in [5, 5.41) is 1.24. The van der Waals surface area contributed by atoms with E-state index in [4.69, 9.17) is 4.98 Å². The zero-order chi connectivity index (χ0) is 20.2. The molecule has 0 saturated heterocycles. The standard InChI is InChI=1S/C27H22N3/c1-18-14-15-20(19-9-4-3-5-10-19)17-22(18)26-25-27(30-16-8-13-24(30)28-25)21-11-6-7-12-23(21)29(26)2/h3-12,14-17H,13H2,1-2H3/q+1. The van der Waals surface area contributed by atoms with Gasteiger partial charge in [0, 0.05) is 18.7 Å². The lowest BCUT2D eigenvalue weighted by molar-refractivity contribution is -0.632. The average Bonchev–Trinajstić information content (AvgIpc) is 3.37. The third-order valence-corrected chi connectivity index (χ3v) is 6.22. The van der Waals surface area contributed by atoms with E-state index in [-0.39, 0.29) is 0 Å². The lowest BCUT2D eigenvalue weighted by Gasteiger charge is -2.11. The maximum atomic E-state index is 5.10. The Kier molecular flexibility index (Phi) is 3.66. The highest BCUT2D eigenvalue weighted by molar-refractivity contribution is 6.07. The molecule has 2 aromatic heterocycles. The highest BCUT2D eigenvalue weighted by Crippen LogP contribution is 2.36. The summed E-state index contributed by atoms with van der Waals surface area (Å²) in [5.41, 5.74) is 9.61. The van der Waals surface area contributed by atoms with Crippen LogP contribution in [0, 0.1) is 6.92 Å². The molecule has 0 bridgehead atoms. The molecule has 0 N–H and O–H groups in total. The van der Waals surface area contributed by atoms with E-state index in [9.17, 15) is 0 Å². The van der Waals surface area contributed by atoms with Gasteiger partial charge in [-0.05, 0) is 35.7 Å². The van der Waals surface area contributed by atoms with Gasteiger partial charge in [-0.15, -0.1) is 0 Å². The van der Waals surface area contributed by atoms with E-state index in [1.165, 1.54) is 44.4 Å². The fraction of sp³-hybridized carbons (Fsp3) is 0.111. The monoisotopic (exact) mass is 388 g/mol. The molecule has 30 heavy (non-hydrogen) atoms. The van der Waals surface area contributed by atoms with Crippen molar-refractivity contribution in [2.75, 3.05) is 0 Å². The second kappa shape index (κ2) is 6.39. The van der Waals surface area contributed by atoms with Crippen LogP contribution in [0.1, 0.15) is 11.4 Å². The lowest BCUT2D eigenvalue weighted by atomic mass is 9.96. The Labute approximate surface area is 175 Å². The zero-order valence-corrected chi connectivity index (χ0v) is 17.1. The first-order chi connectivity index (χ1) is 14.7. The number of hydrogen-bond acceptors (Lipinski definition) is 1. The van der Waals surface area contributed by atoms with Gasteiger partial charge in [0.15, 0.2) is 5.52 Å². The molecule has 3 nitrogen and oxygen atoms in total. The van der Waals surface area contributed by atoms with Crippen LogP contribution in [0.2, 0.25) is 0 Å². The number of imidazole rings is 1. The number of pyridine rings is 1. The molecule has 0 radical (unpaired) electrons. The van der Waals surface area contributed by atoms with Crippen LogP contribution in [0.3, 0.4) is 0 Å². The predicted octanol–water partition coefficient (Wildman–Crippen LogP) is 5.68. The molecule has 0 unspecified atom stereocenters. The van der Waals surface area contributed by atoms with Crippen LogP contribution in [-0.4, -0.2) is 9.55 Å². The van der Waals surface area contributed by atoms with Crippen LogP contribution in [0.15, 0.2) is 78.9 Å². The van der Waals surface area contributed by atoms with Gasteiger partial charge in [0.25, 0.3) is 0 Å². The van der Waals surface area contributed by atoms with Gasteiger partial charge in [-0.1, -0.05) is 60.7 Å². The van der Waals surface area contributed by atoms with Crippen LogP contribution in [0.4, 0.5) is 0 Å². The molecule has 0 aliphatic carbocycles. The summed E-state index contributed by atoms with van der Waals surface area (Å²) in [4.78, 5) is 5.10. The van der Waals surface area contributed by atoms with Crippen molar-refractivity contribution in [3.8, 4) is 22.4 Å². The number of allylic oxidation sites excluding steroid dienone is 1. The number of aromatic nitrogens is 3. The van der Waals surface area contributed by atoms with Crippen molar-refractivity contribution >= 4 is 28.1 Å². The van der Waals surface area contributed by atoms with Gasteiger partial charge in [-0.2, -0.15) is 4.57 Å². The van der Waals surface area contributed by atoms with E-state index in [1.54, 1.807) is 0 Å². The quantitative estimate of drug-likeness (QED) is 0.356. The first kappa shape index (κ1) is 17.2. The van der Waals surface area contributed by atoms with Crippen LogP contribution in [0.5, 0.6) is 0 Å². The number of para-hydroxylation sites is 1. The van der Waals surface area contributed by atoms with Crippen LogP contribution in [-0.2, 0) is 13.5 Å². The molecule has 144 valence electrons. The molecule has 5 aromatic rings. The summed E-state index contributed by atoms with van der Waals surface area (Å²) >= 11 is 0. The second-order valence-corrected chi connectivity index (χ2v) is 8.00. The highest BCUT2D eigenvalue weighted by Gasteiger charge is 2.27. The molecule has 1 aliphatic heterocycles. The van der Waals surface area contributed by atoms with E-state index in [2.05, 4.69) is 108 Å². The van der Waals surface area contributed by atoms with Crippen LogP contribution < -0.4 is 4.57 Å². The average molecular weight is 388 g/mol. The van der Waals surface area contributed by atoms with Crippen molar-refractivity contribution in [3.63, 3.8) is 0 Å². The van der Waals surface area contributed by atoms with Gasteiger partial charge in [-0.25, -0.2) is 4.98 Å². The SMILES string of the molecule is Cc1ccc(-c2ccccc2)cc1-c1c2nc3n(c2c2ccccc2[n+]1C)C=CC3. The Bertz CT molecular complexity index is 1470. The maximum Gasteiger partial charge on any atom is 0.241 e. The number of hydrogen-bond donors (Lipinski definition) is 0. The summed E-state index contributed by atoms with van der Waals surface area (Å²) in [6, 6.07) is 26.0. The van der Waals surface area contributed by atoms with Gasteiger partial charge >= 0.3 is 0 Å². The second-order valence-electron chi connectivity index (χ2n) is 8.00. The number of nitrogens with zero attached hydrogens (tertiary/aromatic N) is 3. The fourth-order valence-electron chi connectivity index (χ4n) is 4.71. The third-order valence-electron chi connectivity index (χ3n) is 6.22. The molecule has 1 aliphatic rings. The summed E-state index contributed by atoms with van der Waals surface area (Å²) < 4.78 is 4.57. The molecule has 0 amide bonds. The summed E-state index contributed by atoms with van der Waals surface area (Å²) in [5.74, 6) is 1.11. The Morgan fingerprint density at radius 3 is 2.57 bits per heavy atom. The summed E-state index contributed by atoms with van der Waals surface area (Å²) in [6.45, 7) is 2.19. The Hall–Kier alpha value is -3.72. The van der Waals surface area contributed by atoms with Crippen molar-refractivity contribution in [2.45, 2.75) is 13.3 Å². The van der Waals surface area contributed by atoms with E-state index in [0.29, 0.717) is 0 Å². The highest BCUT2D eigenvalue weighted by atomic mass is 15.1. The number of aryl methyl sites for hydroxylation is 2. The molecule has 0 fully saturated rings. The van der Waals surface area contributed by atoms with Crippen LogP contribution >= 0.6 is 0 Å². The molecule has 3 aromatic carbocycles. The Morgan fingerprint density at radius 1 is 0.900 bits per heavy atom. The Morgan fingerprint density at radius 2 is 1.70 bits per heavy atom. The molecular weight excluding hydrogens is 366 g/mol. The zero-order valence-electron chi connectivity index (χ0n) is 17.1. The molecule has 0 saturated carbocycles. The summed E-state index contributed by atoms with van der Waals surface area (Å²) in [7, 11) is 2.16. The molecule has 0 atom stereocenters. The number of rotatable bonds is 2. The van der Waals surface area contributed by atoms with Crippen molar-refractivity contribution < 1.29 is 4.57 Å². The minimum absolute atomic E-state index is 0.884. The predicted molar refractivity (Wildman–Crippen MR) is 123 cm³/mol. The maximum absolute atomic E-state index is 5.10. The van der Waals surface area contributed by atoms with E-state index in [0.717, 1.165) is 17.8 Å².